The Hall–Kier alpha value is -1.61. The molecule has 0 saturated heterocycles. The quantitative estimate of drug-likeness (QED) is 0.593. The summed E-state index contributed by atoms with van der Waals surface area (Å²) >= 11 is 0. The predicted octanol–water partition coefficient (Wildman–Crippen LogP) is 2.25. The van der Waals surface area contributed by atoms with Crippen molar-refractivity contribution in [2.45, 2.75) is 20.3 Å². The van der Waals surface area contributed by atoms with E-state index >= 15 is 0 Å². The first-order valence-corrected chi connectivity index (χ1v) is 6.12. The van der Waals surface area contributed by atoms with Crippen LogP contribution >= 0.6 is 0 Å². The van der Waals surface area contributed by atoms with Gasteiger partial charge in [0, 0.05) is 6.54 Å². The minimum absolute atomic E-state index is 0.0257. The van der Waals surface area contributed by atoms with Crippen LogP contribution in [0, 0.1) is 6.92 Å². The average Bonchev–Trinajstić information content (AvgIpc) is 2.31. The third-order valence-corrected chi connectivity index (χ3v) is 2.40. The van der Waals surface area contributed by atoms with Crippen molar-refractivity contribution in [3.63, 3.8) is 0 Å². The summed E-state index contributed by atoms with van der Waals surface area (Å²) in [5.41, 5.74) is 3.22. The lowest BCUT2D eigenvalue weighted by Gasteiger charge is -2.06. The average molecular weight is 247 g/mol. The highest BCUT2D eigenvalue weighted by atomic mass is 16.5. The van der Waals surface area contributed by atoms with E-state index in [-0.39, 0.29) is 5.91 Å². The molecular formula is C15H21NO2. The lowest BCUT2D eigenvalue weighted by Crippen LogP contribution is -2.28. The van der Waals surface area contributed by atoms with Crippen molar-refractivity contribution in [2.75, 3.05) is 19.8 Å². The Labute approximate surface area is 109 Å². The van der Waals surface area contributed by atoms with Gasteiger partial charge in [-0.1, -0.05) is 42.0 Å². The van der Waals surface area contributed by atoms with E-state index in [4.69, 9.17) is 4.74 Å². The molecule has 3 nitrogen and oxygen atoms in total. The molecule has 1 amide bonds. The molecule has 0 heterocycles. The molecule has 0 bridgehead atoms. The highest BCUT2D eigenvalue weighted by Crippen LogP contribution is 2.03. The van der Waals surface area contributed by atoms with Crippen LogP contribution in [-0.2, 0) is 16.0 Å². The predicted molar refractivity (Wildman–Crippen MR) is 73.5 cm³/mol. The summed E-state index contributed by atoms with van der Waals surface area (Å²) in [5.74, 6) is 0.0257. The fourth-order valence-electron chi connectivity index (χ4n) is 1.46. The zero-order chi connectivity index (χ0) is 13.4. The number of hydrogen-bond donors (Lipinski definition) is 1. The fourth-order valence-corrected chi connectivity index (χ4v) is 1.46. The summed E-state index contributed by atoms with van der Waals surface area (Å²) in [6, 6.07) is 7.98. The van der Waals surface area contributed by atoms with Crippen molar-refractivity contribution in [1.29, 1.82) is 0 Å². The van der Waals surface area contributed by atoms with Gasteiger partial charge in [0.15, 0.2) is 0 Å². The van der Waals surface area contributed by atoms with Gasteiger partial charge in [-0.15, -0.1) is 0 Å². The Morgan fingerprint density at radius 3 is 2.61 bits per heavy atom. The lowest BCUT2D eigenvalue weighted by molar-refractivity contribution is -0.120. The molecule has 0 aliphatic carbocycles. The van der Waals surface area contributed by atoms with Crippen molar-refractivity contribution in [3.8, 4) is 0 Å². The number of carbonyl (C=O) groups excluding carboxylic acids is 1. The van der Waals surface area contributed by atoms with Crippen molar-refractivity contribution >= 4 is 5.91 Å². The van der Waals surface area contributed by atoms with Gasteiger partial charge in [-0.3, -0.25) is 4.79 Å². The second-order valence-electron chi connectivity index (χ2n) is 4.52. The monoisotopic (exact) mass is 247 g/mol. The second-order valence-corrected chi connectivity index (χ2v) is 4.52. The van der Waals surface area contributed by atoms with Gasteiger partial charge >= 0.3 is 0 Å². The van der Waals surface area contributed by atoms with Gasteiger partial charge in [0.25, 0.3) is 0 Å². The maximum absolute atomic E-state index is 11.6. The molecule has 0 saturated carbocycles. The molecule has 0 aliphatic rings. The minimum atomic E-state index is 0.0257. The van der Waals surface area contributed by atoms with E-state index < -0.39 is 0 Å². The van der Waals surface area contributed by atoms with Gasteiger partial charge in [0.05, 0.1) is 19.6 Å². The highest BCUT2D eigenvalue weighted by molar-refractivity contribution is 5.78. The molecule has 0 fully saturated rings. The first-order valence-electron chi connectivity index (χ1n) is 6.12. The fraction of sp³-hybridized carbons (Fsp3) is 0.400. The number of nitrogens with one attached hydrogen (secondary N) is 1. The Bertz CT molecular complexity index is 395. The molecule has 0 aromatic heterocycles. The van der Waals surface area contributed by atoms with Crippen LogP contribution in [0.3, 0.4) is 0 Å². The topological polar surface area (TPSA) is 38.3 Å². The van der Waals surface area contributed by atoms with Crippen molar-refractivity contribution in [1.82, 2.24) is 5.32 Å². The number of carbonyl (C=O) groups is 1. The minimum Gasteiger partial charge on any atom is -0.375 e. The summed E-state index contributed by atoms with van der Waals surface area (Å²) < 4.78 is 5.30. The standard InChI is InChI=1S/C15H21NO2/c1-12(2)11-18-9-8-16-15(17)10-14-6-4-13(3)5-7-14/h4-7H,1,8-11H2,2-3H3,(H,16,17). The normalized spacial score (nSPS) is 10.1. The zero-order valence-electron chi connectivity index (χ0n) is 11.2. The molecular weight excluding hydrogens is 226 g/mol. The van der Waals surface area contributed by atoms with Crippen LogP contribution in [0.25, 0.3) is 0 Å². The first-order chi connectivity index (χ1) is 8.58. The molecule has 1 aromatic rings. The van der Waals surface area contributed by atoms with Crippen LogP contribution in [0.1, 0.15) is 18.1 Å². The third kappa shape index (κ3) is 6.21. The molecule has 1 aromatic carbocycles. The maximum atomic E-state index is 11.6. The lowest BCUT2D eigenvalue weighted by atomic mass is 10.1. The van der Waals surface area contributed by atoms with Crippen LogP contribution in [0.5, 0.6) is 0 Å². The second kappa shape index (κ2) is 7.67. The number of ether oxygens (including phenoxy) is 1. The van der Waals surface area contributed by atoms with Crippen molar-refractivity contribution in [2.24, 2.45) is 0 Å². The van der Waals surface area contributed by atoms with E-state index in [1.165, 1.54) is 5.56 Å². The SMILES string of the molecule is C=C(C)COCCNC(=O)Cc1ccc(C)cc1. The van der Waals surface area contributed by atoms with Gasteiger partial charge in [0.1, 0.15) is 0 Å². The maximum Gasteiger partial charge on any atom is 0.224 e. The van der Waals surface area contributed by atoms with Gasteiger partial charge in [-0.05, 0) is 19.4 Å². The molecule has 0 aliphatic heterocycles. The molecule has 0 spiro atoms. The zero-order valence-corrected chi connectivity index (χ0v) is 11.2. The number of hydrogen-bond acceptors (Lipinski definition) is 2. The summed E-state index contributed by atoms with van der Waals surface area (Å²) in [7, 11) is 0. The number of aryl methyl sites for hydroxylation is 1. The molecule has 0 atom stereocenters. The van der Waals surface area contributed by atoms with Crippen LogP contribution < -0.4 is 5.32 Å². The van der Waals surface area contributed by atoms with Crippen molar-refractivity contribution < 1.29 is 9.53 Å². The molecule has 0 unspecified atom stereocenters. The molecule has 1 rings (SSSR count). The number of rotatable bonds is 7. The van der Waals surface area contributed by atoms with E-state index in [0.29, 0.717) is 26.2 Å². The number of amides is 1. The number of benzene rings is 1. The summed E-state index contributed by atoms with van der Waals surface area (Å²) in [5, 5.41) is 2.83. The Kier molecular flexibility index (Phi) is 6.15. The Balaban J connectivity index is 2.17. The van der Waals surface area contributed by atoms with Crippen LogP contribution in [-0.4, -0.2) is 25.7 Å². The van der Waals surface area contributed by atoms with Crippen molar-refractivity contribution in [3.05, 3.63) is 47.5 Å². The molecule has 98 valence electrons. The van der Waals surface area contributed by atoms with E-state index in [1.54, 1.807) is 0 Å². The van der Waals surface area contributed by atoms with E-state index in [9.17, 15) is 4.79 Å². The van der Waals surface area contributed by atoms with E-state index in [2.05, 4.69) is 11.9 Å². The highest BCUT2D eigenvalue weighted by Gasteiger charge is 2.02. The summed E-state index contributed by atoms with van der Waals surface area (Å²) in [6.45, 7) is 9.29. The van der Waals surface area contributed by atoms with Gasteiger partial charge in [0.2, 0.25) is 5.91 Å². The van der Waals surface area contributed by atoms with Crippen LogP contribution in [0.15, 0.2) is 36.4 Å². The molecule has 0 radical (unpaired) electrons. The van der Waals surface area contributed by atoms with Crippen LogP contribution in [0.4, 0.5) is 0 Å². The Morgan fingerprint density at radius 2 is 2.00 bits per heavy atom. The van der Waals surface area contributed by atoms with Gasteiger partial charge < -0.3 is 10.1 Å². The van der Waals surface area contributed by atoms with E-state index in [1.807, 2.05) is 38.1 Å². The molecule has 3 heteroatoms. The van der Waals surface area contributed by atoms with Gasteiger partial charge in [-0.2, -0.15) is 0 Å². The summed E-state index contributed by atoms with van der Waals surface area (Å²) in [6.07, 6.45) is 0.417. The van der Waals surface area contributed by atoms with Crippen LogP contribution in [0.2, 0.25) is 0 Å². The first kappa shape index (κ1) is 14.5. The summed E-state index contributed by atoms with van der Waals surface area (Å²) in [4.78, 5) is 11.6. The molecule has 1 N–H and O–H groups in total. The van der Waals surface area contributed by atoms with Gasteiger partial charge in [-0.25, -0.2) is 0 Å². The largest absolute Gasteiger partial charge is 0.375 e. The van der Waals surface area contributed by atoms with E-state index in [0.717, 1.165) is 11.1 Å². The molecule has 18 heavy (non-hydrogen) atoms. The smallest absolute Gasteiger partial charge is 0.224 e. The Morgan fingerprint density at radius 1 is 1.33 bits per heavy atom. The third-order valence-electron chi connectivity index (χ3n) is 2.40.